The lowest BCUT2D eigenvalue weighted by atomic mass is 9.76. The Labute approximate surface area is 234 Å². The van der Waals surface area contributed by atoms with Gasteiger partial charge in [-0.3, -0.25) is 14.8 Å². The number of halogens is 1. The van der Waals surface area contributed by atoms with Crippen molar-refractivity contribution in [2.75, 3.05) is 6.61 Å². The smallest absolute Gasteiger partial charge is 0.314 e. The second kappa shape index (κ2) is 11.8. The number of carbonyl (C=O) groups excluding carboxylic acids is 1. The number of carbonyl (C=O) groups is 1. The lowest BCUT2D eigenvalue weighted by Crippen LogP contribution is -2.24. The van der Waals surface area contributed by atoms with Gasteiger partial charge in [-0.05, 0) is 83.1 Å². The van der Waals surface area contributed by atoms with E-state index < -0.39 is 5.92 Å². The summed E-state index contributed by atoms with van der Waals surface area (Å²) in [7, 11) is 0. The van der Waals surface area contributed by atoms with Crippen LogP contribution in [0.1, 0.15) is 60.8 Å². The molecule has 5 rings (SSSR count). The van der Waals surface area contributed by atoms with E-state index in [9.17, 15) is 4.79 Å². The second-order valence-corrected chi connectivity index (χ2v) is 10.4. The molecule has 2 heterocycles. The number of aromatic nitrogens is 2. The summed E-state index contributed by atoms with van der Waals surface area (Å²) in [5.41, 5.74) is 7.17. The van der Waals surface area contributed by atoms with Crippen LogP contribution in [0.2, 0.25) is 5.02 Å². The number of benzene rings is 3. The first kappa shape index (κ1) is 26.6. The Morgan fingerprint density at radius 1 is 0.821 bits per heavy atom. The van der Waals surface area contributed by atoms with Crippen LogP contribution in [0, 0.1) is 0 Å². The third-order valence-corrected chi connectivity index (χ3v) is 7.37. The third kappa shape index (κ3) is 5.71. The Bertz CT molecular complexity index is 1580. The fourth-order valence-electron chi connectivity index (χ4n) is 5.18. The van der Waals surface area contributed by atoms with Crippen LogP contribution < -0.4 is 0 Å². The van der Waals surface area contributed by atoms with Gasteiger partial charge in [0.25, 0.3) is 0 Å². The Kier molecular flexibility index (Phi) is 8.04. The fraction of sp³-hybridized carbons (Fsp3) is 0.206. The van der Waals surface area contributed by atoms with E-state index in [1.165, 1.54) is 5.56 Å². The first-order valence-corrected chi connectivity index (χ1v) is 13.6. The number of nitrogens with zero attached hydrogens (tertiary/aromatic N) is 2. The standard InChI is InChI=1S/C34H31ClN2O2/c1-4-39-34(38)32(24-14-17-36-18-15-24)31(23-10-12-29(35)13-11-23)26-8-5-7-25(19-26)30-21-28(22(2)3)20-27-9-6-16-37-33(27)30/h5-22,31-32H,4H2,1-3H3. The number of rotatable bonds is 8. The van der Waals surface area contributed by atoms with E-state index in [0.29, 0.717) is 17.5 Å². The zero-order chi connectivity index (χ0) is 27.4. The van der Waals surface area contributed by atoms with Crippen LogP contribution in [0.15, 0.2) is 104 Å². The van der Waals surface area contributed by atoms with E-state index in [2.05, 4.69) is 61.3 Å². The molecule has 0 radical (unpaired) electrons. The van der Waals surface area contributed by atoms with E-state index in [4.69, 9.17) is 21.3 Å². The maximum absolute atomic E-state index is 13.6. The van der Waals surface area contributed by atoms with Crippen LogP contribution in [0.5, 0.6) is 0 Å². The zero-order valence-electron chi connectivity index (χ0n) is 22.3. The van der Waals surface area contributed by atoms with E-state index in [1.807, 2.05) is 55.6 Å². The molecule has 0 aliphatic carbocycles. The van der Waals surface area contributed by atoms with Gasteiger partial charge in [0.2, 0.25) is 0 Å². The number of esters is 1. The van der Waals surface area contributed by atoms with Crippen molar-refractivity contribution in [3.8, 4) is 11.1 Å². The number of pyridine rings is 2. The number of ether oxygens (including phenoxy) is 1. The van der Waals surface area contributed by atoms with Crippen molar-refractivity contribution in [3.63, 3.8) is 0 Å². The monoisotopic (exact) mass is 534 g/mol. The van der Waals surface area contributed by atoms with Gasteiger partial charge in [0.15, 0.2) is 0 Å². The molecule has 4 nitrogen and oxygen atoms in total. The lowest BCUT2D eigenvalue weighted by molar-refractivity contribution is -0.145. The van der Waals surface area contributed by atoms with Gasteiger partial charge in [-0.25, -0.2) is 0 Å². The summed E-state index contributed by atoms with van der Waals surface area (Å²) in [6.45, 7) is 6.53. The van der Waals surface area contributed by atoms with E-state index in [1.54, 1.807) is 12.4 Å². The minimum absolute atomic E-state index is 0.275. The van der Waals surface area contributed by atoms with Crippen molar-refractivity contribution in [1.29, 1.82) is 0 Å². The van der Waals surface area contributed by atoms with Gasteiger partial charge < -0.3 is 4.74 Å². The number of fused-ring (bicyclic) bond motifs is 1. The molecule has 0 saturated heterocycles. The third-order valence-electron chi connectivity index (χ3n) is 7.12. The molecule has 0 aliphatic rings. The highest BCUT2D eigenvalue weighted by Gasteiger charge is 2.34. The first-order chi connectivity index (χ1) is 19.0. The molecular weight excluding hydrogens is 504 g/mol. The number of hydrogen-bond acceptors (Lipinski definition) is 4. The predicted octanol–water partition coefficient (Wildman–Crippen LogP) is 8.55. The van der Waals surface area contributed by atoms with Gasteiger partial charge in [-0.15, -0.1) is 0 Å². The molecule has 0 fully saturated rings. The fourth-order valence-corrected chi connectivity index (χ4v) is 5.31. The van der Waals surface area contributed by atoms with Crippen molar-refractivity contribution < 1.29 is 9.53 Å². The average molecular weight is 535 g/mol. The van der Waals surface area contributed by atoms with Gasteiger partial charge in [0.1, 0.15) is 0 Å². The molecule has 2 unspecified atom stereocenters. The topological polar surface area (TPSA) is 52.1 Å². The summed E-state index contributed by atoms with van der Waals surface area (Å²) >= 11 is 6.27. The molecule has 0 amide bonds. The highest BCUT2D eigenvalue weighted by Crippen LogP contribution is 2.41. The first-order valence-electron chi connectivity index (χ1n) is 13.3. The van der Waals surface area contributed by atoms with E-state index >= 15 is 0 Å². The molecule has 5 aromatic rings. The molecular formula is C34H31ClN2O2. The van der Waals surface area contributed by atoms with Crippen molar-refractivity contribution in [2.24, 2.45) is 0 Å². The van der Waals surface area contributed by atoms with Crippen LogP contribution in [0.25, 0.3) is 22.0 Å². The molecule has 0 N–H and O–H groups in total. The molecule has 196 valence electrons. The second-order valence-electron chi connectivity index (χ2n) is 9.96. The molecule has 0 bridgehead atoms. The Morgan fingerprint density at radius 3 is 2.31 bits per heavy atom. The van der Waals surface area contributed by atoms with Crippen molar-refractivity contribution in [1.82, 2.24) is 9.97 Å². The van der Waals surface area contributed by atoms with Crippen LogP contribution in [0.4, 0.5) is 0 Å². The van der Waals surface area contributed by atoms with Crippen molar-refractivity contribution >= 4 is 28.5 Å². The van der Waals surface area contributed by atoms with Gasteiger partial charge in [0.05, 0.1) is 18.0 Å². The maximum Gasteiger partial charge on any atom is 0.314 e. The Morgan fingerprint density at radius 2 is 1.59 bits per heavy atom. The number of hydrogen-bond donors (Lipinski definition) is 0. The molecule has 0 spiro atoms. The van der Waals surface area contributed by atoms with Crippen LogP contribution in [-0.4, -0.2) is 22.5 Å². The van der Waals surface area contributed by atoms with Crippen molar-refractivity contribution in [2.45, 2.75) is 38.5 Å². The quantitative estimate of drug-likeness (QED) is 0.187. The van der Waals surface area contributed by atoms with Gasteiger partial charge in [-0.1, -0.05) is 67.9 Å². The Hall–Kier alpha value is -4.02. The highest BCUT2D eigenvalue weighted by atomic mass is 35.5. The molecule has 0 saturated carbocycles. The van der Waals surface area contributed by atoms with Gasteiger partial charge in [0, 0.05) is 40.5 Å². The Balaban J connectivity index is 1.72. The molecule has 5 heteroatoms. The van der Waals surface area contributed by atoms with Gasteiger partial charge >= 0.3 is 5.97 Å². The predicted molar refractivity (Wildman–Crippen MR) is 158 cm³/mol. The minimum Gasteiger partial charge on any atom is -0.465 e. The molecule has 0 aliphatic heterocycles. The molecule has 39 heavy (non-hydrogen) atoms. The van der Waals surface area contributed by atoms with Crippen LogP contribution in [0.3, 0.4) is 0 Å². The highest BCUT2D eigenvalue weighted by molar-refractivity contribution is 6.30. The summed E-state index contributed by atoms with van der Waals surface area (Å²) in [5.74, 6) is -0.779. The largest absolute Gasteiger partial charge is 0.465 e. The lowest BCUT2D eigenvalue weighted by Gasteiger charge is -2.27. The maximum atomic E-state index is 13.6. The molecule has 3 aromatic carbocycles. The summed E-state index contributed by atoms with van der Waals surface area (Å²) in [4.78, 5) is 22.5. The average Bonchev–Trinajstić information content (AvgIpc) is 2.96. The summed E-state index contributed by atoms with van der Waals surface area (Å²) < 4.78 is 5.63. The SMILES string of the molecule is CCOC(=O)C(c1ccncc1)C(c1ccc(Cl)cc1)c1cccc(-c2cc(C(C)C)cc3cccnc23)c1. The molecule has 2 aromatic heterocycles. The van der Waals surface area contributed by atoms with Gasteiger partial charge in [-0.2, -0.15) is 0 Å². The summed E-state index contributed by atoms with van der Waals surface area (Å²) in [6.07, 6.45) is 5.26. The molecule has 2 atom stereocenters. The van der Waals surface area contributed by atoms with Crippen LogP contribution in [-0.2, 0) is 9.53 Å². The summed E-state index contributed by atoms with van der Waals surface area (Å²) in [5, 5.41) is 1.76. The van der Waals surface area contributed by atoms with Crippen LogP contribution >= 0.6 is 11.6 Å². The van der Waals surface area contributed by atoms with E-state index in [-0.39, 0.29) is 11.9 Å². The summed E-state index contributed by atoms with van der Waals surface area (Å²) in [6, 6.07) is 28.5. The normalized spacial score (nSPS) is 12.8. The van der Waals surface area contributed by atoms with Crippen molar-refractivity contribution in [3.05, 3.63) is 131 Å². The minimum atomic E-state index is -0.568. The zero-order valence-corrected chi connectivity index (χ0v) is 23.1. The van der Waals surface area contributed by atoms with E-state index in [0.717, 1.165) is 38.7 Å².